The molecule has 7 aromatic rings. The van der Waals surface area contributed by atoms with Crippen LogP contribution in [-0.4, -0.2) is 19.9 Å². The molecule has 1 aliphatic rings. The van der Waals surface area contributed by atoms with E-state index in [0.29, 0.717) is 5.92 Å². The molecule has 4 aromatic carbocycles. The number of fused-ring (bicyclic) bond motifs is 8. The van der Waals surface area contributed by atoms with Gasteiger partial charge in [0.1, 0.15) is 5.82 Å². The lowest BCUT2D eigenvalue weighted by Gasteiger charge is -2.25. The molecule has 4 nitrogen and oxygen atoms in total. The lowest BCUT2D eigenvalue weighted by atomic mass is 9.79. The Bertz CT molecular complexity index is 1780. The quantitative estimate of drug-likeness (QED) is 0.242. The van der Waals surface area contributed by atoms with Gasteiger partial charge in [-0.1, -0.05) is 66.7 Å². The van der Waals surface area contributed by atoms with E-state index in [9.17, 15) is 0 Å². The summed E-state index contributed by atoms with van der Waals surface area (Å²) < 4.78 is 0. The van der Waals surface area contributed by atoms with Crippen molar-refractivity contribution in [2.24, 2.45) is 0 Å². The molecule has 174 valence electrons. The number of benzene rings is 4. The normalized spacial score (nSPS) is 15.2. The summed E-state index contributed by atoms with van der Waals surface area (Å²) in [4.78, 5) is 15.2. The van der Waals surface area contributed by atoms with Crippen molar-refractivity contribution in [3.05, 3.63) is 121 Å². The Morgan fingerprint density at radius 1 is 0.694 bits per heavy atom. The number of nitrogens with one attached hydrogen (secondary N) is 2. The number of aromatic nitrogens is 4. The minimum Gasteiger partial charge on any atom is -0.353 e. The van der Waals surface area contributed by atoms with E-state index in [4.69, 9.17) is 0 Å². The van der Waals surface area contributed by atoms with Crippen molar-refractivity contribution in [1.82, 2.24) is 19.9 Å². The zero-order chi connectivity index (χ0) is 23.9. The highest BCUT2D eigenvalue weighted by Gasteiger charge is 2.25. The van der Waals surface area contributed by atoms with Crippen LogP contribution in [0.3, 0.4) is 0 Å². The van der Waals surface area contributed by atoms with Gasteiger partial charge in [-0.2, -0.15) is 0 Å². The molecular formula is C32H26N4. The number of hydrogen-bond donors (Lipinski definition) is 2. The fourth-order valence-corrected chi connectivity index (χ4v) is 5.86. The van der Waals surface area contributed by atoms with Crippen molar-refractivity contribution < 1.29 is 0 Å². The van der Waals surface area contributed by atoms with Crippen LogP contribution in [0, 0.1) is 0 Å². The van der Waals surface area contributed by atoms with E-state index in [2.05, 4.69) is 86.7 Å². The van der Waals surface area contributed by atoms with Crippen molar-refractivity contribution in [1.29, 1.82) is 0 Å². The number of H-pyrrole nitrogens is 2. The Kier molecular flexibility index (Phi) is 5.02. The number of rotatable bonds is 1. The Labute approximate surface area is 209 Å². The van der Waals surface area contributed by atoms with Gasteiger partial charge in [-0.15, -0.1) is 0 Å². The first-order chi connectivity index (χ1) is 17.9. The minimum atomic E-state index is 0.407. The Hall–Kier alpha value is -4.44. The standard InChI is InChI=1S/C21H18N2.C11H8N2/c1-2-5-15-14(4-1)8-9-18-16-6-3-7-20(21-22-12-13-23-21)19(16)11-10-17(15)18;1-2-4-10-8(3-1)9-5-6-12-7-11(9)13-10/h1-2,4-5,8-13,20H,3,6-7H2,(H,22,23);1-7,13H. The fourth-order valence-electron chi connectivity index (χ4n) is 5.86. The molecule has 0 saturated heterocycles. The van der Waals surface area contributed by atoms with E-state index in [1.54, 1.807) is 0 Å². The van der Waals surface area contributed by atoms with Gasteiger partial charge < -0.3 is 9.97 Å². The highest BCUT2D eigenvalue weighted by Crippen LogP contribution is 2.40. The third-order valence-electron chi connectivity index (χ3n) is 7.53. The minimum absolute atomic E-state index is 0.407. The maximum Gasteiger partial charge on any atom is 0.113 e. The number of imidazole rings is 1. The van der Waals surface area contributed by atoms with Gasteiger partial charge >= 0.3 is 0 Å². The highest BCUT2D eigenvalue weighted by atomic mass is 14.9. The molecule has 1 atom stereocenters. The first-order valence-corrected chi connectivity index (χ1v) is 12.6. The monoisotopic (exact) mass is 466 g/mol. The van der Waals surface area contributed by atoms with Crippen molar-refractivity contribution in [2.45, 2.75) is 25.2 Å². The van der Waals surface area contributed by atoms with E-state index in [-0.39, 0.29) is 0 Å². The van der Waals surface area contributed by atoms with Crippen molar-refractivity contribution in [3.63, 3.8) is 0 Å². The van der Waals surface area contributed by atoms with Crippen molar-refractivity contribution >= 4 is 43.4 Å². The van der Waals surface area contributed by atoms with Crippen LogP contribution in [0.5, 0.6) is 0 Å². The summed E-state index contributed by atoms with van der Waals surface area (Å²) >= 11 is 0. The molecule has 0 spiro atoms. The number of aromatic amines is 2. The number of aryl methyl sites for hydroxylation is 1. The summed E-state index contributed by atoms with van der Waals surface area (Å²) in [6, 6.07) is 28.2. The first-order valence-electron chi connectivity index (χ1n) is 12.6. The van der Waals surface area contributed by atoms with Crippen LogP contribution in [-0.2, 0) is 6.42 Å². The van der Waals surface area contributed by atoms with Gasteiger partial charge in [-0.05, 0) is 64.1 Å². The second-order valence-corrected chi connectivity index (χ2v) is 9.53. The van der Waals surface area contributed by atoms with Gasteiger partial charge in [0.25, 0.3) is 0 Å². The summed E-state index contributed by atoms with van der Waals surface area (Å²) in [6.45, 7) is 0. The summed E-state index contributed by atoms with van der Waals surface area (Å²) in [6.07, 6.45) is 11.0. The number of para-hydroxylation sites is 1. The molecule has 0 aliphatic heterocycles. The predicted molar refractivity (Wildman–Crippen MR) is 148 cm³/mol. The molecule has 1 aliphatic carbocycles. The number of nitrogens with zero attached hydrogens (tertiary/aromatic N) is 2. The van der Waals surface area contributed by atoms with Crippen molar-refractivity contribution in [3.8, 4) is 0 Å². The Balaban J connectivity index is 0.000000143. The fraction of sp³-hybridized carbons (Fsp3) is 0.125. The molecule has 0 amide bonds. The molecule has 36 heavy (non-hydrogen) atoms. The molecule has 2 N–H and O–H groups in total. The molecule has 1 unspecified atom stereocenters. The molecule has 3 aromatic heterocycles. The molecule has 8 rings (SSSR count). The van der Waals surface area contributed by atoms with Gasteiger partial charge in [-0.25, -0.2) is 4.98 Å². The lowest BCUT2D eigenvalue weighted by Crippen LogP contribution is -2.12. The van der Waals surface area contributed by atoms with E-state index in [1.165, 1.54) is 68.2 Å². The van der Waals surface area contributed by atoms with Crippen LogP contribution >= 0.6 is 0 Å². The largest absolute Gasteiger partial charge is 0.353 e. The molecule has 0 saturated carbocycles. The highest BCUT2D eigenvalue weighted by molar-refractivity contribution is 6.09. The zero-order valence-electron chi connectivity index (χ0n) is 19.9. The summed E-state index contributed by atoms with van der Waals surface area (Å²) in [5.74, 6) is 1.51. The SMILES string of the molecule is c1ccc2c(c1)[nH]c1cnccc12.c1ccc2c(c1)ccc1c3c(ccc12)C(c1ncc[nH]1)CCC3. The third kappa shape index (κ3) is 3.45. The van der Waals surface area contributed by atoms with Crippen molar-refractivity contribution in [2.75, 3.05) is 0 Å². The van der Waals surface area contributed by atoms with E-state index in [0.717, 1.165) is 11.3 Å². The van der Waals surface area contributed by atoms with E-state index in [1.807, 2.05) is 36.9 Å². The van der Waals surface area contributed by atoms with Crippen LogP contribution in [0.25, 0.3) is 43.4 Å². The Morgan fingerprint density at radius 2 is 1.53 bits per heavy atom. The maximum absolute atomic E-state index is 4.51. The first kappa shape index (κ1) is 20.9. The summed E-state index contributed by atoms with van der Waals surface area (Å²) in [5.41, 5.74) is 5.24. The molecule has 0 bridgehead atoms. The topological polar surface area (TPSA) is 57.4 Å². The maximum atomic E-state index is 4.51. The van der Waals surface area contributed by atoms with Gasteiger partial charge in [0.15, 0.2) is 0 Å². The average Bonchev–Trinajstić information content (AvgIpc) is 3.61. The van der Waals surface area contributed by atoms with Gasteiger partial charge in [0, 0.05) is 40.8 Å². The van der Waals surface area contributed by atoms with Gasteiger partial charge in [-0.3, -0.25) is 4.98 Å². The third-order valence-corrected chi connectivity index (χ3v) is 7.53. The molecule has 3 heterocycles. The van der Waals surface area contributed by atoms with Gasteiger partial charge in [0.2, 0.25) is 0 Å². The smallest absolute Gasteiger partial charge is 0.113 e. The molecule has 0 radical (unpaired) electrons. The number of hydrogen-bond acceptors (Lipinski definition) is 2. The summed E-state index contributed by atoms with van der Waals surface area (Å²) in [5, 5.41) is 7.97. The van der Waals surface area contributed by atoms with Crippen LogP contribution < -0.4 is 0 Å². The van der Waals surface area contributed by atoms with Crippen LogP contribution in [0.2, 0.25) is 0 Å². The molecule has 0 fully saturated rings. The van der Waals surface area contributed by atoms with Crippen LogP contribution in [0.15, 0.2) is 104 Å². The van der Waals surface area contributed by atoms with Crippen LogP contribution in [0.1, 0.15) is 35.7 Å². The predicted octanol–water partition coefficient (Wildman–Crippen LogP) is 7.90. The van der Waals surface area contributed by atoms with E-state index >= 15 is 0 Å². The summed E-state index contributed by atoms with van der Waals surface area (Å²) in [7, 11) is 0. The van der Waals surface area contributed by atoms with E-state index < -0.39 is 0 Å². The Morgan fingerprint density at radius 3 is 2.44 bits per heavy atom. The average molecular weight is 467 g/mol. The molecule has 4 heteroatoms. The second-order valence-electron chi connectivity index (χ2n) is 9.53. The molecular weight excluding hydrogens is 440 g/mol. The number of pyridine rings is 1. The zero-order valence-corrected chi connectivity index (χ0v) is 19.9. The van der Waals surface area contributed by atoms with Crippen LogP contribution in [0.4, 0.5) is 0 Å². The van der Waals surface area contributed by atoms with Gasteiger partial charge in [0.05, 0.1) is 11.7 Å². The second kappa shape index (κ2) is 8.65. The lowest BCUT2D eigenvalue weighted by molar-refractivity contribution is 0.598.